The minimum Gasteiger partial charge on any atom is -0.382 e. The number of nitrogen functional groups attached to an aromatic ring is 1. The molecule has 1 aromatic heterocycles. The molecule has 1 heterocycles. The molecule has 5 heteroatoms. The fourth-order valence-electron chi connectivity index (χ4n) is 1.27. The Bertz CT molecular complexity index is 458. The van der Waals surface area contributed by atoms with E-state index in [2.05, 4.69) is 15.4 Å². The predicted octanol–water partition coefficient (Wildman–Crippen LogP) is 0.691. The van der Waals surface area contributed by atoms with Gasteiger partial charge in [0, 0.05) is 6.54 Å². The lowest BCUT2D eigenvalue weighted by Crippen LogP contribution is -2.06. The smallest absolute Gasteiger partial charge is 0.142 e. The van der Waals surface area contributed by atoms with E-state index in [-0.39, 0.29) is 0 Å². The number of nitrogens with zero attached hydrogens (tertiary/aromatic N) is 2. The van der Waals surface area contributed by atoms with Crippen molar-refractivity contribution in [2.75, 3.05) is 5.73 Å². The zero-order valence-corrected chi connectivity index (χ0v) is 7.44. The molecule has 0 spiro atoms. The fraction of sp³-hybridized carbons (Fsp3) is 0.111. The second-order valence-electron chi connectivity index (χ2n) is 2.95. The zero-order valence-electron chi connectivity index (χ0n) is 7.44. The molecular formula is C9H10N4O. The average Bonchev–Trinajstić information content (AvgIpc) is 2.19. The largest absolute Gasteiger partial charge is 0.382 e. The summed E-state index contributed by atoms with van der Waals surface area (Å²) in [5.74, 6) is 0.408. The summed E-state index contributed by atoms with van der Waals surface area (Å²) < 4.78 is 0. The SMILES string of the molecule is Nc1cnc2cc(CNO)ccc2n1. The van der Waals surface area contributed by atoms with Crippen LogP contribution in [0.15, 0.2) is 24.4 Å². The van der Waals surface area contributed by atoms with Crippen LogP contribution in [0.5, 0.6) is 0 Å². The van der Waals surface area contributed by atoms with Crippen molar-refractivity contribution >= 4 is 16.9 Å². The molecule has 14 heavy (non-hydrogen) atoms. The van der Waals surface area contributed by atoms with Crippen LogP contribution in [-0.2, 0) is 6.54 Å². The Kier molecular flexibility index (Phi) is 2.26. The Morgan fingerprint density at radius 1 is 1.36 bits per heavy atom. The van der Waals surface area contributed by atoms with Gasteiger partial charge in [-0.05, 0) is 17.7 Å². The first-order valence-electron chi connectivity index (χ1n) is 4.18. The molecule has 0 fully saturated rings. The number of fused-ring (bicyclic) bond motifs is 1. The van der Waals surface area contributed by atoms with Gasteiger partial charge >= 0.3 is 0 Å². The molecule has 1 aromatic carbocycles. The van der Waals surface area contributed by atoms with Crippen LogP contribution in [-0.4, -0.2) is 15.2 Å². The predicted molar refractivity (Wildman–Crippen MR) is 52.6 cm³/mol. The Morgan fingerprint density at radius 2 is 2.21 bits per heavy atom. The third-order valence-corrected chi connectivity index (χ3v) is 1.91. The summed E-state index contributed by atoms with van der Waals surface area (Å²) in [5, 5.41) is 8.53. The van der Waals surface area contributed by atoms with Crippen molar-refractivity contribution in [1.29, 1.82) is 0 Å². The summed E-state index contributed by atoms with van der Waals surface area (Å²) >= 11 is 0. The van der Waals surface area contributed by atoms with Crippen LogP contribution in [0.4, 0.5) is 5.82 Å². The van der Waals surface area contributed by atoms with Gasteiger partial charge in [0.1, 0.15) is 5.82 Å². The van der Waals surface area contributed by atoms with Gasteiger partial charge in [0.05, 0.1) is 17.2 Å². The van der Waals surface area contributed by atoms with Crippen molar-refractivity contribution in [2.24, 2.45) is 0 Å². The van der Waals surface area contributed by atoms with Crippen LogP contribution in [0, 0.1) is 0 Å². The standard InChI is InChI=1S/C9H10N4O/c10-9-5-11-8-3-6(4-12-14)1-2-7(8)13-9/h1-3,5,12,14H,4H2,(H2,10,13). The number of anilines is 1. The highest BCUT2D eigenvalue weighted by Gasteiger charge is 1.98. The van der Waals surface area contributed by atoms with Crippen molar-refractivity contribution < 1.29 is 5.21 Å². The Hall–Kier alpha value is -1.72. The molecule has 2 aromatic rings. The molecule has 5 nitrogen and oxygen atoms in total. The summed E-state index contributed by atoms with van der Waals surface area (Å²) in [7, 11) is 0. The quantitative estimate of drug-likeness (QED) is 0.607. The van der Waals surface area contributed by atoms with Crippen molar-refractivity contribution in [3.63, 3.8) is 0 Å². The monoisotopic (exact) mass is 190 g/mol. The first kappa shape index (κ1) is 8.86. The van der Waals surface area contributed by atoms with Crippen molar-refractivity contribution in [3.8, 4) is 0 Å². The lowest BCUT2D eigenvalue weighted by atomic mass is 10.2. The summed E-state index contributed by atoms with van der Waals surface area (Å²) in [6, 6.07) is 5.54. The summed E-state index contributed by atoms with van der Waals surface area (Å²) in [4.78, 5) is 8.24. The highest BCUT2D eigenvalue weighted by atomic mass is 16.5. The number of hydrogen-bond donors (Lipinski definition) is 3. The van der Waals surface area contributed by atoms with Gasteiger partial charge in [0.2, 0.25) is 0 Å². The highest BCUT2D eigenvalue weighted by molar-refractivity contribution is 5.75. The topological polar surface area (TPSA) is 84.1 Å². The van der Waals surface area contributed by atoms with Gasteiger partial charge in [0.15, 0.2) is 0 Å². The van der Waals surface area contributed by atoms with Gasteiger partial charge in [-0.3, -0.25) is 4.98 Å². The van der Waals surface area contributed by atoms with Gasteiger partial charge in [-0.15, -0.1) is 0 Å². The second kappa shape index (κ2) is 3.57. The van der Waals surface area contributed by atoms with Crippen molar-refractivity contribution in [2.45, 2.75) is 6.54 Å². The van der Waals surface area contributed by atoms with Crippen LogP contribution in [0.1, 0.15) is 5.56 Å². The first-order chi connectivity index (χ1) is 6.79. The molecule has 0 radical (unpaired) electrons. The third kappa shape index (κ3) is 1.63. The van der Waals surface area contributed by atoms with Gasteiger partial charge in [-0.1, -0.05) is 6.07 Å². The Labute approximate surface area is 80.6 Å². The summed E-state index contributed by atoms with van der Waals surface area (Å²) in [5.41, 5.74) is 10.1. The van der Waals surface area contributed by atoms with Crippen LogP contribution >= 0.6 is 0 Å². The molecule has 2 rings (SSSR count). The first-order valence-corrected chi connectivity index (χ1v) is 4.18. The van der Waals surface area contributed by atoms with E-state index in [0.29, 0.717) is 12.4 Å². The molecule has 0 aliphatic rings. The van der Waals surface area contributed by atoms with Crippen LogP contribution in [0.25, 0.3) is 11.0 Å². The molecule has 0 saturated carbocycles. The molecule has 0 bridgehead atoms. The molecule has 0 atom stereocenters. The maximum Gasteiger partial charge on any atom is 0.142 e. The van der Waals surface area contributed by atoms with E-state index in [1.165, 1.54) is 6.20 Å². The van der Waals surface area contributed by atoms with Gasteiger partial charge < -0.3 is 10.9 Å². The average molecular weight is 190 g/mol. The van der Waals surface area contributed by atoms with Crippen molar-refractivity contribution in [3.05, 3.63) is 30.0 Å². The lowest BCUT2D eigenvalue weighted by Gasteiger charge is -2.01. The third-order valence-electron chi connectivity index (χ3n) is 1.91. The normalized spacial score (nSPS) is 10.6. The lowest BCUT2D eigenvalue weighted by molar-refractivity contribution is 0.161. The van der Waals surface area contributed by atoms with Crippen LogP contribution in [0.2, 0.25) is 0 Å². The number of rotatable bonds is 2. The fourth-order valence-corrected chi connectivity index (χ4v) is 1.27. The number of hydrogen-bond acceptors (Lipinski definition) is 5. The van der Waals surface area contributed by atoms with Crippen LogP contribution < -0.4 is 11.2 Å². The molecular weight excluding hydrogens is 180 g/mol. The van der Waals surface area contributed by atoms with E-state index in [9.17, 15) is 0 Å². The summed E-state index contributed by atoms with van der Waals surface area (Å²) in [6.45, 7) is 0.391. The number of nitrogens with one attached hydrogen (secondary N) is 1. The van der Waals surface area contributed by atoms with Crippen molar-refractivity contribution in [1.82, 2.24) is 15.4 Å². The van der Waals surface area contributed by atoms with E-state index in [0.717, 1.165) is 16.6 Å². The maximum atomic E-state index is 8.53. The molecule has 0 saturated heterocycles. The minimum absolute atomic E-state index is 0.391. The van der Waals surface area contributed by atoms with Crippen LogP contribution in [0.3, 0.4) is 0 Å². The highest BCUT2D eigenvalue weighted by Crippen LogP contribution is 2.12. The molecule has 0 amide bonds. The molecule has 72 valence electrons. The Balaban J connectivity index is 2.50. The van der Waals surface area contributed by atoms with E-state index >= 15 is 0 Å². The minimum atomic E-state index is 0.391. The summed E-state index contributed by atoms with van der Waals surface area (Å²) in [6.07, 6.45) is 1.51. The van der Waals surface area contributed by atoms with E-state index in [1.807, 2.05) is 18.2 Å². The number of hydroxylamine groups is 1. The number of aromatic nitrogens is 2. The Morgan fingerprint density at radius 3 is 3.00 bits per heavy atom. The maximum absolute atomic E-state index is 8.53. The molecule has 4 N–H and O–H groups in total. The number of nitrogens with two attached hydrogens (primary N) is 1. The van der Waals surface area contributed by atoms with Gasteiger partial charge in [-0.2, -0.15) is 0 Å². The zero-order chi connectivity index (χ0) is 9.97. The van der Waals surface area contributed by atoms with E-state index in [1.54, 1.807) is 0 Å². The number of benzene rings is 1. The van der Waals surface area contributed by atoms with Gasteiger partial charge in [0.25, 0.3) is 0 Å². The second-order valence-corrected chi connectivity index (χ2v) is 2.95. The van der Waals surface area contributed by atoms with E-state index < -0.39 is 0 Å². The van der Waals surface area contributed by atoms with E-state index in [4.69, 9.17) is 10.9 Å². The molecule has 0 aliphatic carbocycles. The molecule has 0 aliphatic heterocycles. The van der Waals surface area contributed by atoms with Gasteiger partial charge in [-0.25, -0.2) is 10.5 Å². The molecule has 0 unspecified atom stereocenters.